The van der Waals surface area contributed by atoms with E-state index in [1.54, 1.807) is 46.8 Å². The minimum Gasteiger partial charge on any atom is -0.463 e. The molecule has 1 rings (SSSR count). The Hall–Kier alpha value is -2.17. The highest BCUT2D eigenvalue weighted by molar-refractivity contribution is 7.89. The lowest BCUT2D eigenvalue weighted by atomic mass is 10.1. The van der Waals surface area contributed by atoms with Gasteiger partial charge in [-0.2, -0.15) is 4.72 Å². The maximum absolute atomic E-state index is 13.1. The molecule has 9 nitrogen and oxygen atoms in total. The smallest absolute Gasteiger partial charge is 0.407 e. The summed E-state index contributed by atoms with van der Waals surface area (Å²) < 4.78 is 38.9. The first-order chi connectivity index (χ1) is 14.1. The Morgan fingerprint density at radius 3 is 2.13 bits per heavy atom. The zero-order valence-corrected chi connectivity index (χ0v) is 20.5. The number of amides is 1. The Kier molecular flexibility index (Phi) is 9.46. The zero-order chi connectivity index (χ0) is 24.0. The second-order valence-corrected chi connectivity index (χ2v) is 10.4. The molecule has 1 amide bonds. The van der Waals surface area contributed by atoms with Gasteiger partial charge in [-0.25, -0.2) is 13.2 Å². The number of ether oxygens (including phenoxy) is 2. The van der Waals surface area contributed by atoms with Crippen molar-refractivity contribution >= 4 is 22.1 Å². The van der Waals surface area contributed by atoms with E-state index in [1.807, 2.05) is 25.9 Å². The van der Waals surface area contributed by atoms with Gasteiger partial charge in [-0.05, 0) is 66.8 Å². The van der Waals surface area contributed by atoms with Crippen LogP contribution in [0.25, 0.3) is 0 Å². The van der Waals surface area contributed by atoms with Crippen LogP contribution in [0.2, 0.25) is 0 Å². The van der Waals surface area contributed by atoms with Gasteiger partial charge in [-0.15, -0.1) is 0 Å². The van der Waals surface area contributed by atoms with Crippen LogP contribution in [0.4, 0.5) is 4.79 Å². The average Bonchev–Trinajstić information content (AvgIpc) is 2.55. The molecule has 2 N–H and O–H groups in total. The second-order valence-electron chi connectivity index (χ2n) is 8.76. The van der Waals surface area contributed by atoms with Crippen LogP contribution in [-0.2, 0) is 24.3 Å². The maximum Gasteiger partial charge on any atom is 0.407 e. The van der Waals surface area contributed by atoms with Gasteiger partial charge in [0.05, 0.1) is 4.90 Å². The lowest BCUT2D eigenvalue weighted by Crippen LogP contribution is -2.50. The third-order valence-electron chi connectivity index (χ3n) is 4.09. The molecule has 1 unspecified atom stereocenters. The van der Waals surface area contributed by atoms with Gasteiger partial charge in [0.25, 0.3) is 0 Å². The summed E-state index contributed by atoms with van der Waals surface area (Å²) in [6.07, 6.45) is -0.763. The number of aryl methyl sites for hydroxylation is 3. The number of hydrogen-bond donors (Lipinski definition) is 2. The number of hydrogen-bond acceptors (Lipinski definition) is 7. The lowest BCUT2D eigenvalue weighted by Gasteiger charge is -2.23. The van der Waals surface area contributed by atoms with Gasteiger partial charge < -0.3 is 19.7 Å². The van der Waals surface area contributed by atoms with E-state index in [1.165, 1.54) is 0 Å². The van der Waals surface area contributed by atoms with Crippen molar-refractivity contribution in [2.75, 3.05) is 33.8 Å². The first-order valence-electron chi connectivity index (χ1n) is 10.0. The lowest BCUT2D eigenvalue weighted by molar-refractivity contribution is -0.145. The SMILES string of the molecule is Cc1cc(C)c(S(=O)(=O)NC(CNC(=O)OC(C)(C)C)C(=O)OCCN(C)C)c(C)c1. The molecule has 1 aromatic rings. The molecule has 0 spiro atoms. The standard InChI is InChI=1S/C21H35N3O6S/c1-14-11-15(2)18(16(3)12-14)31(27,28)23-17(19(25)29-10-9-24(7)8)13-22-20(26)30-21(4,5)6/h11-12,17,23H,9-10,13H2,1-8H3,(H,22,26). The minimum atomic E-state index is -4.06. The van der Waals surface area contributed by atoms with E-state index >= 15 is 0 Å². The summed E-state index contributed by atoms with van der Waals surface area (Å²) in [6, 6.07) is 2.19. The van der Waals surface area contributed by atoms with Crippen LogP contribution in [0.1, 0.15) is 37.5 Å². The molecule has 0 aliphatic rings. The molecule has 0 saturated carbocycles. The zero-order valence-electron chi connectivity index (χ0n) is 19.7. The Morgan fingerprint density at radius 2 is 1.65 bits per heavy atom. The summed E-state index contributed by atoms with van der Waals surface area (Å²) in [7, 11) is -0.419. The molecule has 0 radical (unpaired) electrons. The van der Waals surface area contributed by atoms with Gasteiger partial charge >= 0.3 is 12.1 Å². The van der Waals surface area contributed by atoms with E-state index in [9.17, 15) is 18.0 Å². The van der Waals surface area contributed by atoms with Crippen molar-refractivity contribution in [2.24, 2.45) is 0 Å². The summed E-state index contributed by atoms with van der Waals surface area (Å²) in [4.78, 5) is 26.5. The molecule has 10 heteroatoms. The van der Waals surface area contributed by atoms with Crippen molar-refractivity contribution in [1.82, 2.24) is 14.9 Å². The number of benzene rings is 1. The Bertz CT molecular complexity index is 868. The molecule has 0 aliphatic carbocycles. The first-order valence-corrected chi connectivity index (χ1v) is 11.5. The molecule has 0 heterocycles. The number of sulfonamides is 1. The van der Waals surface area contributed by atoms with Gasteiger partial charge in [-0.3, -0.25) is 4.79 Å². The van der Waals surface area contributed by atoms with Crippen molar-refractivity contribution in [3.05, 3.63) is 28.8 Å². The molecule has 1 atom stereocenters. The van der Waals surface area contributed by atoms with E-state index in [0.717, 1.165) is 5.56 Å². The van der Waals surface area contributed by atoms with Crippen molar-refractivity contribution < 1.29 is 27.5 Å². The second kappa shape index (κ2) is 10.9. The molecule has 0 bridgehead atoms. The maximum atomic E-state index is 13.1. The van der Waals surface area contributed by atoms with Gasteiger partial charge in [0, 0.05) is 13.1 Å². The van der Waals surface area contributed by atoms with Gasteiger partial charge in [0.2, 0.25) is 10.0 Å². The summed E-state index contributed by atoms with van der Waals surface area (Å²) in [5.41, 5.74) is 1.32. The quantitative estimate of drug-likeness (QED) is 0.544. The highest BCUT2D eigenvalue weighted by Gasteiger charge is 2.30. The van der Waals surface area contributed by atoms with Crippen LogP contribution in [0.5, 0.6) is 0 Å². The fourth-order valence-electron chi connectivity index (χ4n) is 2.94. The first kappa shape index (κ1) is 26.9. The molecule has 176 valence electrons. The van der Waals surface area contributed by atoms with Crippen LogP contribution in [0.15, 0.2) is 17.0 Å². The monoisotopic (exact) mass is 457 g/mol. The predicted octanol–water partition coefficient (Wildman–Crippen LogP) is 1.89. The van der Waals surface area contributed by atoms with Crippen molar-refractivity contribution in [3.63, 3.8) is 0 Å². The third-order valence-corrected chi connectivity index (χ3v) is 5.86. The molecular formula is C21H35N3O6S. The van der Waals surface area contributed by atoms with Crippen LogP contribution in [0.3, 0.4) is 0 Å². The van der Waals surface area contributed by atoms with Crippen LogP contribution in [0, 0.1) is 20.8 Å². The predicted molar refractivity (Wildman–Crippen MR) is 119 cm³/mol. The Balaban J connectivity index is 3.07. The molecule has 0 saturated heterocycles. The summed E-state index contributed by atoms with van der Waals surface area (Å²) in [6.45, 7) is 10.6. The van der Waals surface area contributed by atoms with Crippen LogP contribution < -0.4 is 10.0 Å². The average molecular weight is 458 g/mol. The normalized spacial score (nSPS) is 13.1. The highest BCUT2D eigenvalue weighted by atomic mass is 32.2. The number of esters is 1. The van der Waals surface area contributed by atoms with E-state index in [2.05, 4.69) is 10.0 Å². The Labute approximate surface area is 185 Å². The summed E-state index contributed by atoms with van der Waals surface area (Å²) >= 11 is 0. The van der Waals surface area contributed by atoms with E-state index in [-0.39, 0.29) is 18.0 Å². The Morgan fingerprint density at radius 1 is 1.10 bits per heavy atom. The van der Waals surface area contributed by atoms with E-state index in [4.69, 9.17) is 9.47 Å². The largest absolute Gasteiger partial charge is 0.463 e. The molecule has 0 aliphatic heterocycles. The minimum absolute atomic E-state index is 0.0824. The van der Waals surface area contributed by atoms with Crippen molar-refractivity contribution in [2.45, 2.75) is 58.1 Å². The number of likely N-dealkylation sites (N-methyl/N-ethyl adjacent to an activating group) is 1. The third kappa shape index (κ3) is 9.24. The van der Waals surface area contributed by atoms with Gasteiger partial charge in [0.1, 0.15) is 18.2 Å². The molecule has 0 fully saturated rings. The molecule has 1 aromatic carbocycles. The van der Waals surface area contributed by atoms with Crippen LogP contribution >= 0.6 is 0 Å². The molecular weight excluding hydrogens is 422 g/mol. The van der Waals surface area contributed by atoms with E-state index < -0.39 is 33.7 Å². The van der Waals surface area contributed by atoms with Gasteiger partial charge in [-0.1, -0.05) is 17.7 Å². The number of nitrogens with one attached hydrogen (secondary N) is 2. The van der Waals surface area contributed by atoms with E-state index in [0.29, 0.717) is 17.7 Å². The fraction of sp³-hybridized carbons (Fsp3) is 0.619. The molecule has 31 heavy (non-hydrogen) atoms. The summed E-state index contributed by atoms with van der Waals surface area (Å²) in [5, 5.41) is 2.43. The van der Waals surface area contributed by atoms with Gasteiger partial charge in [0.15, 0.2) is 0 Å². The number of nitrogens with zero attached hydrogens (tertiary/aromatic N) is 1. The number of alkyl carbamates (subject to hydrolysis) is 1. The fourth-order valence-corrected chi connectivity index (χ4v) is 4.58. The highest BCUT2D eigenvalue weighted by Crippen LogP contribution is 2.22. The topological polar surface area (TPSA) is 114 Å². The van der Waals surface area contributed by atoms with Crippen LogP contribution in [-0.4, -0.2) is 70.8 Å². The number of carbonyl (C=O) groups is 2. The number of rotatable bonds is 9. The van der Waals surface area contributed by atoms with Crippen molar-refractivity contribution in [3.8, 4) is 0 Å². The number of carbonyl (C=O) groups excluding carboxylic acids is 2. The summed E-state index contributed by atoms with van der Waals surface area (Å²) in [5.74, 6) is -0.788. The van der Waals surface area contributed by atoms with Crippen molar-refractivity contribution in [1.29, 1.82) is 0 Å². The molecule has 0 aromatic heterocycles.